The first kappa shape index (κ1) is 19.2. The number of hydrogen-bond acceptors (Lipinski definition) is 2. The Morgan fingerprint density at radius 2 is 1.48 bits per heavy atom. The van der Waals surface area contributed by atoms with E-state index in [0.717, 1.165) is 21.9 Å². The second kappa shape index (κ2) is 8.43. The van der Waals surface area contributed by atoms with Gasteiger partial charge in [-0.3, -0.25) is 0 Å². The fraction of sp³-hybridized carbons (Fsp3) is 0.227. The molecule has 4 nitrogen and oxygen atoms in total. The lowest BCUT2D eigenvalue weighted by Gasteiger charge is -2.18. The van der Waals surface area contributed by atoms with E-state index in [2.05, 4.69) is 0 Å². The van der Waals surface area contributed by atoms with Crippen molar-refractivity contribution in [1.82, 2.24) is 0 Å². The van der Waals surface area contributed by atoms with Crippen molar-refractivity contribution in [1.29, 1.82) is 0 Å². The maximum Gasteiger partial charge on any atom is 0.523 e. The van der Waals surface area contributed by atoms with E-state index in [4.69, 9.17) is 0 Å². The quantitative estimate of drug-likeness (QED) is 0.541. The molecule has 0 aliphatic heterocycles. The van der Waals surface area contributed by atoms with Crippen LogP contribution in [0.25, 0.3) is 10.8 Å². The Bertz CT molecular complexity index is 933. The molecule has 0 saturated carbocycles. The molecular formula is C22H22O4P+. The summed E-state index contributed by atoms with van der Waals surface area (Å²) in [7, 11) is -2.87. The molecule has 5 heteroatoms. The minimum atomic E-state index is -2.87. The van der Waals surface area contributed by atoms with Gasteiger partial charge >= 0.3 is 14.0 Å². The van der Waals surface area contributed by atoms with Crippen molar-refractivity contribution in [3.63, 3.8) is 0 Å². The average molecular weight is 381 g/mol. The Kier molecular flexibility index (Phi) is 6.00. The number of carboxylic acids is 1. The zero-order valence-corrected chi connectivity index (χ0v) is 15.8. The van der Waals surface area contributed by atoms with Gasteiger partial charge in [-0.25, -0.2) is 4.79 Å². The molecule has 0 aromatic heterocycles. The van der Waals surface area contributed by atoms with Crippen LogP contribution in [0.2, 0.25) is 0 Å². The maximum absolute atomic E-state index is 12.1. The molecule has 0 amide bonds. The van der Waals surface area contributed by atoms with Crippen LogP contribution in [0.4, 0.5) is 0 Å². The first-order valence-electron chi connectivity index (χ1n) is 8.93. The summed E-state index contributed by atoms with van der Waals surface area (Å²) in [4.78, 5) is 22.0. The van der Waals surface area contributed by atoms with Crippen molar-refractivity contribution in [2.75, 3.05) is 0 Å². The molecule has 0 bridgehead atoms. The van der Waals surface area contributed by atoms with Gasteiger partial charge in [0.25, 0.3) is 5.16 Å². The molecule has 27 heavy (non-hydrogen) atoms. The van der Waals surface area contributed by atoms with Crippen molar-refractivity contribution in [3.05, 3.63) is 83.9 Å². The summed E-state index contributed by atoms with van der Waals surface area (Å²) in [5.74, 6) is -1.21. The summed E-state index contributed by atoms with van der Waals surface area (Å²) >= 11 is 0. The van der Waals surface area contributed by atoms with E-state index in [1.807, 2.05) is 72.8 Å². The molecule has 0 aliphatic rings. The van der Waals surface area contributed by atoms with Crippen LogP contribution in [0, 0.1) is 0 Å². The highest BCUT2D eigenvalue weighted by molar-refractivity contribution is 7.41. The van der Waals surface area contributed by atoms with Crippen LogP contribution >= 0.6 is 8.03 Å². The molecule has 0 aliphatic carbocycles. The van der Waals surface area contributed by atoms with E-state index in [0.29, 0.717) is 12.8 Å². The van der Waals surface area contributed by atoms with Crippen LogP contribution in [-0.2, 0) is 22.2 Å². The lowest BCUT2D eigenvalue weighted by Crippen LogP contribution is -2.36. The molecule has 3 aromatic rings. The molecule has 0 spiro atoms. The molecule has 2 atom stereocenters. The van der Waals surface area contributed by atoms with Gasteiger partial charge in [-0.1, -0.05) is 72.8 Å². The number of carbonyl (C=O) groups is 1. The molecule has 3 rings (SSSR count). The Balaban J connectivity index is 1.85. The van der Waals surface area contributed by atoms with Gasteiger partial charge in [-0.15, -0.1) is 0 Å². The van der Waals surface area contributed by atoms with E-state index < -0.39 is 19.2 Å². The SMILES string of the molecule is O=C(O)C(CCc1ccccc1)(CCc1cccc2ccccc12)[P+](=O)O. The van der Waals surface area contributed by atoms with Gasteiger partial charge in [0, 0.05) is 12.8 Å². The van der Waals surface area contributed by atoms with Crippen molar-refractivity contribution >= 4 is 24.8 Å². The second-order valence-electron chi connectivity index (χ2n) is 6.73. The highest BCUT2D eigenvalue weighted by Crippen LogP contribution is 2.43. The fourth-order valence-corrected chi connectivity index (χ4v) is 4.23. The van der Waals surface area contributed by atoms with E-state index in [9.17, 15) is 19.4 Å². The van der Waals surface area contributed by atoms with Gasteiger partial charge in [0.1, 0.15) is 0 Å². The van der Waals surface area contributed by atoms with Crippen LogP contribution in [0.5, 0.6) is 0 Å². The fourth-order valence-electron chi connectivity index (χ4n) is 3.46. The minimum Gasteiger partial charge on any atom is -0.478 e. The molecular weight excluding hydrogens is 359 g/mol. The number of carboxylic acid groups (broad SMARTS) is 1. The first-order chi connectivity index (χ1) is 13.0. The summed E-state index contributed by atoms with van der Waals surface area (Å²) < 4.78 is 12.1. The number of benzene rings is 3. The zero-order chi connectivity index (χ0) is 19.3. The average Bonchev–Trinajstić information content (AvgIpc) is 2.68. The topological polar surface area (TPSA) is 74.6 Å². The number of hydrogen-bond donors (Lipinski definition) is 2. The third-order valence-electron chi connectivity index (χ3n) is 5.12. The summed E-state index contributed by atoms with van der Waals surface area (Å²) in [6.07, 6.45) is 1.13. The number of aliphatic carboxylic acids is 1. The maximum atomic E-state index is 12.1. The summed E-state index contributed by atoms with van der Waals surface area (Å²) in [6.45, 7) is 0. The molecule has 3 aromatic carbocycles. The van der Waals surface area contributed by atoms with Gasteiger partial charge in [-0.2, -0.15) is 4.89 Å². The highest BCUT2D eigenvalue weighted by Gasteiger charge is 2.56. The minimum absolute atomic E-state index is 0.120. The van der Waals surface area contributed by atoms with Crippen molar-refractivity contribution in [2.24, 2.45) is 0 Å². The van der Waals surface area contributed by atoms with Gasteiger partial charge < -0.3 is 5.11 Å². The van der Waals surface area contributed by atoms with Crippen LogP contribution in [0.3, 0.4) is 0 Å². The Morgan fingerprint density at radius 1 is 0.852 bits per heavy atom. The van der Waals surface area contributed by atoms with Crippen LogP contribution in [0.1, 0.15) is 24.0 Å². The first-order valence-corrected chi connectivity index (χ1v) is 10.1. The molecule has 2 N–H and O–H groups in total. The predicted molar refractivity (Wildman–Crippen MR) is 107 cm³/mol. The van der Waals surface area contributed by atoms with E-state index >= 15 is 0 Å². The van der Waals surface area contributed by atoms with E-state index in [1.54, 1.807) is 0 Å². The Hall–Kier alpha value is -2.55. The lowest BCUT2D eigenvalue weighted by atomic mass is 9.90. The van der Waals surface area contributed by atoms with Crippen molar-refractivity contribution in [2.45, 2.75) is 30.8 Å². The zero-order valence-electron chi connectivity index (χ0n) is 14.9. The van der Waals surface area contributed by atoms with E-state index in [1.165, 1.54) is 0 Å². The summed E-state index contributed by atoms with van der Waals surface area (Å²) in [5, 5.41) is 10.3. The van der Waals surface area contributed by atoms with E-state index in [-0.39, 0.29) is 12.8 Å². The molecule has 0 heterocycles. The standard InChI is InChI=1S/C22H21O4P/c23-21(24)22(27(25)26,15-13-17-7-2-1-3-8-17)16-14-19-11-6-10-18-9-4-5-12-20(18)19/h1-12H,13-16H2,(H-,23,24,25,26)/p+1. The van der Waals surface area contributed by atoms with Crippen molar-refractivity contribution in [3.8, 4) is 0 Å². The number of fused-ring (bicyclic) bond motifs is 1. The van der Waals surface area contributed by atoms with Crippen LogP contribution in [0.15, 0.2) is 72.8 Å². The molecule has 0 saturated heterocycles. The van der Waals surface area contributed by atoms with Gasteiger partial charge in [0.05, 0.1) is 0 Å². The smallest absolute Gasteiger partial charge is 0.478 e. The van der Waals surface area contributed by atoms with Gasteiger partial charge in [0.15, 0.2) is 0 Å². The Morgan fingerprint density at radius 3 is 2.19 bits per heavy atom. The Labute approximate surface area is 159 Å². The number of aryl methyl sites for hydroxylation is 2. The van der Waals surface area contributed by atoms with Crippen LogP contribution in [-0.4, -0.2) is 21.1 Å². The predicted octanol–water partition coefficient (Wildman–Crippen LogP) is 4.96. The molecule has 138 valence electrons. The summed E-state index contributed by atoms with van der Waals surface area (Å²) in [6, 6.07) is 23.3. The largest absolute Gasteiger partial charge is 0.523 e. The molecule has 0 radical (unpaired) electrons. The van der Waals surface area contributed by atoms with Crippen LogP contribution < -0.4 is 0 Å². The van der Waals surface area contributed by atoms with Gasteiger partial charge in [-0.05, 0) is 39.3 Å². The number of rotatable bonds is 8. The molecule has 2 unspecified atom stereocenters. The monoisotopic (exact) mass is 381 g/mol. The third kappa shape index (κ3) is 4.24. The molecule has 0 fully saturated rings. The van der Waals surface area contributed by atoms with Crippen molar-refractivity contribution < 1.29 is 19.4 Å². The normalized spacial score (nSPS) is 13.9. The van der Waals surface area contributed by atoms with Gasteiger partial charge in [0.2, 0.25) is 0 Å². The summed E-state index contributed by atoms with van der Waals surface area (Å²) in [5.41, 5.74) is 1.96. The second-order valence-corrected chi connectivity index (χ2v) is 8.14. The highest BCUT2D eigenvalue weighted by atomic mass is 31.1. The lowest BCUT2D eigenvalue weighted by molar-refractivity contribution is -0.140. The third-order valence-corrected chi connectivity index (χ3v) is 6.49.